The van der Waals surface area contributed by atoms with Crippen molar-refractivity contribution in [2.75, 3.05) is 44.3 Å². The van der Waals surface area contributed by atoms with E-state index in [0.717, 1.165) is 16.9 Å². The third kappa shape index (κ3) is 6.10. The van der Waals surface area contributed by atoms with E-state index >= 15 is 0 Å². The zero-order chi connectivity index (χ0) is 25.2. The Morgan fingerprint density at radius 3 is 2.51 bits per heavy atom. The van der Waals surface area contributed by atoms with Gasteiger partial charge in [-0.3, -0.25) is 14.5 Å². The molecule has 0 aliphatic carbocycles. The lowest BCUT2D eigenvalue weighted by Gasteiger charge is -2.37. The second-order valence-electron chi connectivity index (χ2n) is 8.56. The number of halogens is 5. The number of hydrogen-bond acceptors (Lipinski definition) is 5. The first-order valence-electron chi connectivity index (χ1n) is 11.2. The summed E-state index contributed by atoms with van der Waals surface area (Å²) in [4.78, 5) is 29.1. The Hall–Kier alpha value is -2.73. The van der Waals surface area contributed by atoms with Gasteiger partial charge in [-0.25, -0.2) is 8.78 Å². The molecular weight excluding hydrogens is 491 g/mol. The first-order chi connectivity index (χ1) is 16.6. The molecule has 190 valence electrons. The van der Waals surface area contributed by atoms with Gasteiger partial charge in [0.1, 0.15) is 4.88 Å². The van der Waals surface area contributed by atoms with Gasteiger partial charge >= 0.3 is 6.18 Å². The lowest BCUT2D eigenvalue weighted by Crippen LogP contribution is -2.50. The number of rotatable bonds is 7. The van der Waals surface area contributed by atoms with Crippen LogP contribution in [0.15, 0.2) is 30.3 Å². The highest BCUT2D eigenvalue weighted by molar-refractivity contribution is 7.18. The molecule has 0 radical (unpaired) electrons. The van der Waals surface area contributed by atoms with E-state index < -0.39 is 37.0 Å². The molecule has 0 bridgehead atoms. The normalized spacial score (nSPS) is 17.0. The van der Waals surface area contributed by atoms with E-state index in [9.17, 15) is 31.5 Å². The van der Waals surface area contributed by atoms with Crippen molar-refractivity contribution < 1.29 is 31.5 Å². The van der Waals surface area contributed by atoms with E-state index in [1.807, 2.05) is 35.2 Å². The Morgan fingerprint density at radius 2 is 1.86 bits per heavy atom. The fourth-order valence-corrected chi connectivity index (χ4v) is 5.62. The molecule has 1 aromatic carbocycles. The molecular formula is C23H25F5N4O2S. The molecule has 2 aromatic rings. The average molecular weight is 517 g/mol. The summed E-state index contributed by atoms with van der Waals surface area (Å²) in [6.45, 7) is 0.446. The summed E-state index contributed by atoms with van der Waals surface area (Å²) in [5.41, 5.74) is 0.775. The number of thiophene rings is 1. The highest BCUT2D eigenvalue weighted by atomic mass is 32.1. The summed E-state index contributed by atoms with van der Waals surface area (Å²) < 4.78 is 67.6. The molecule has 0 atom stereocenters. The van der Waals surface area contributed by atoms with E-state index in [2.05, 4.69) is 5.32 Å². The van der Waals surface area contributed by atoms with Gasteiger partial charge < -0.3 is 15.1 Å². The highest BCUT2D eigenvalue weighted by Gasteiger charge is 2.38. The Morgan fingerprint density at radius 1 is 1.11 bits per heavy atom. The Balaban J connectivity index is 1.64. The molecule has 1 fully saturated rings. The van der Waals surface area contributed by atoms with Gasteiger partial charge in [-0.15, -0.1) is 11.3 Å². The van der Waals surface area contributed by atoms with Crippen molar-refractivity contribution in [1.29, 1.82) is 0 Å². The number of nitrogens with zero attached hydrogens (tertiary/aromatic N) is 3. The number of amides is 2. The molecule has 1 saturated heterocycles. The quantitative estimate of drug-likeness (QED) is 0.565. The van der Waals surface area contributed by atoms with E-state index in [-0.39, 0.29) is 54.2 Å². The maximum atomic E-state index is 14.3. The molecule has 3 heterocycles. The van der Waals surface area contributed by atoms with Crippen LogP contribution in [0.2, 0.25) is 0 Å². The molecule has 1 aromatic heterocycles. The third-order valence-electron chi connectivity index (χ3n) is 6.03. The van der Waals surface area contributed by atoms with Gasteiger partial charge in [0, 0.05) is 43.9 Å². The predicted octanol–water partition coefficient (Wildman–Crippen LogP) is 4.03. The molecule has 6 nitrogen and oxygen atoms in total. The molecule has 0 spiro atoms. The van der Waals surface area contributed by atoms with Gasteiger partial charge in [0.15, 0.2) is 0 Å². The molecule has 0 saturated carbocycles. The number of nitrogens with one attached hydrogen (secondary N) is 1. The van der Waals surface area contributed by atoms with Gasteiger partial charge in [-0.05, 0) is 12.0 Å². The van der Waals surface area contributed by atoms with E-state index in [1.165, 1.54) is 9.80 Å². The van der Waals surface area contributed by atoms with Crippen molar-refractivity contribution in [2.24, 2.45) is 0 Å². The number of carbonyl (C=O) groups is 2. The molecule has 0 unspecified atom stereocenters. The standard InChI is InChI=1S/C23H25F5N4O2S/c24-20(25)18-16-12-30(9-6-15-4-2-1-3-5-15)14-32(10-7-23(26,27)28)22(16)35-19(18)21(34)31-11-8-29-17(33)13-31/h1-5,20H,6-14H2,(H,29,33). The molecule has 12 heteroatoms. The van der Waals surface area contributed by atoms with Crippen LogP contribution >= 0.6 is 11.3 Å². The van der Waals surface area contributed by atoms with Crippen LogP contribution in [0.4, 0.5) is 27.0 Å². The van der Waals surface area contributed by atoms with Crippen molar-refractivity contribution in [3.63, 3.8) is 0 Å². The minimum Gasteiger partial charge on any atom is -0.353 e. The molecule has 2 aliphatic rings. The monoisotopic (exact) mass is 516 g/mol. The lowest BCUT2D eigenvalue weighted by molar-refractivity contribution is -0.132. The minimum atomic E-state index is -4.41. The van der Waals surface area contributed by atoms with Gasteiger partial charge in [0.2, 0.25) is 5.91 Å². The first kappa shape index (κ1) is 25.4. The molecule has 2 amide bonds. The molecule has 2 aliphatic heterocycles. The van der Waals surface area contributed by atoms with Crippen LogP contribution in [0.5, 0.6) is 0 Å². The smallest absolute Gasteiger partial charge is 0.353 e. The zero-order valence-corrected chi connectivity index (χ0v) is 19.6. The summed E-state index contributed by atoms with van der Waals surface area (Å²) in [7, 11) is 0. The van der Waals surface area contributed by atoms with Crippen LogP contribution in [0, 0.1) is 0 Å². The summed E-state index contributed by atoms with van der Waals surface area (Å²) in [6.07, 6.45) is -7.89. The van der Waals surface area contributed by atoms with Crippen molar-refractivity contribution >= 4 is 28.2 Å². The number of anilines is 1. The van der Waals surface area contributed by atoms with Crippen molar-refractivity contribution in [2.45, 2.75) is 32.0 Å². The van der Waals surface area contributed by atoms with Crippen LogP contribution in [-0.2, 0) is 17.8 Å². The Kier molecular flexibility index (Phi) is 7.60. The number of alkyl halides is 5. The van der Waals surface area contributed by atoms with Crippen LogP contribution in [0.3, 0.4) is 0 Å². The number of hydrogen-bond donors (Lipinski definition) is 1. The van der Waals surface area contributed by atoms with E-state index in [1.54, 1.807) is 0 Å². The zero-order valence-electron chi connectivity index (χ0n) is 18.8. The summed E-state index contributed by atoms with van der Waals surface area (Å²) >= 11 is 0.797. The maximum absolute atomic E-state index is 14.3. The SMILES string of the molecule is O=C1CN(C(=O)c2sc3c(c2C(F)F)CN(CCc2ccccc2)CN3CCC(F)(F)F)CCN1. The van der Waals surface area contributed by atoms with Crippen molar-refractivity contribution in [3.05, 3.63) is 51.9 Å². The largest absolute Gasteiger partial charge is 0.390 e. The molecule has 4 rings (SSSR count). The second-order valence-corrected chi connectivity index (χ2v) is 9.56. The highest BCUT2D eigenvalue weighted by Crippen LogP contribution is 2.45. The third-order valence-corrected chi connectivity index (χ3v) is 7.33. The summed E-state index contributed by atoms with van der Waals surface area (Å²) in [6, 6.07) is 9.49. The summed E-state index contributed by atoms with van der Waals surface area (Å²) in [5.74, 6) is -1.08. The predicted molar refractivity (Wildman–Crippen MR) is 122 cm³/mol. The topological polar surface area (TPSA) is 55.9 Å². The fraction of sp³-hybridized carbons (Fsp3) is 0.478. The van der Waals surface area contributed by atoms with Crippen molar-refractivity contribution in [3.8, 4) is 0 Å². The summed E-state index contributed by atoms with van der Waals surface area (Å²) in [5, 5.41) is 2.85. The molecule has 1 N–H and O–H groups in total. The molecule has 35 heavy (non-hydrogen) atoms. The van der Waals surface area contributed by atoms with Gasteiger partial charge in [-0.1, -0.05) is 30.3 Å². The van der Waals surface area contributed by atoms with Gasteiger partial charge in [-0.2, -0.15) is 13.2 Å². The second kappa shape index (κ2) is 10.5. The first-order valence-corrected chi connectivity index (χ1v) is 12.0. The Labute approximate surface area is 203 Å². The van der Waals surface area contributed by atoms with Crippen LogP contribution in [0.1, 0.15) is 39.2 Å². The van der Waals surface area contributed by atoms with E-state index in [4.69, 9.17) is 0 Å². The van der Waals surface area contributed by atoms with Crippen LogP contribution < -0.4 is 10.2 Å². The van der Waals surface area contributed by atoms with Gasteiger partial charge in [0.05, 0.1) is 24.6 Å². The van der Waals surface area contributed by atoms with Crippen LogP contribution in [0.25, 0.3) is 0 Å². The number of piperazine rings is 1. The number of carbonyl (C=O) groups excluding carboxylic acids is 2. The van der Waals surface area contributed by atoms with Crippen molar-refractivity contribution in [1.82, 2.24) is 15.1 Å². The van der Waals surface area contributed by atoms with E-state index in [0.29, 0.717) is 13.0 Å². The van der Waals surface area contributed by atoms with Crippen LogP contribution in [-0.4, -0.2) is 67.2 Å². The van der Waals surface area contributed by atoms with Gasteiger partial charge in [0.25, 0.3) is 12.3 Å². The average Bonchev–Trinajstić information content (AvgIpc) is 3.21. The fourth-order valence-electron chi connectivity index (χ4n) is 4.31. The number of fused-ring (bicyclic) bond motifs is 1. The maximum Gasteiger partial charge on any atom is 0.390 e. The Bertz CT molecular complexity index is 1060. The lowest BCUT2D eigenvalue weighted by atomic mass is 10.1. The number of benzene rings is 1. The minimum absolute atomic E-state index is 0.106.